The Morgan fingerprint density at radius 1 is 1.28 bits per heavy atom. The minimum Gasteiger partial charge on any atom is -0.355 e. The molecule has 0 amide bonds. The molecule has 3 aromatic rings. The Kier molecular flexibility index (Phi) is 4.83. The third-order valence-corrected chi connectivity index (χ3v) is 6.11. The molecular formula is C18H19ClN4OS. The van der Waals surface area contributed by atoms with Crippen LogP contribution >= 0.6 is 23.4 Å². The van der Waals surface area contributed by atoms with Gasteiger partial charge in [0.25, 0.3) is 5.56 Å². The van der Waals surface area contributed by atoms with Crippen molar-refractivity contribution in [3.63, 3.8) is 0 Å². The van der Waals surface area contributed by atoms with Gasteiger partial charge in [-0.25, -0.2) is 4.98 Å². The van der Waals surface area contributed by atoms with Crippen molar-refractivity contribution in [1.82, 2.24) is 19.9 Å². The van der Waals surface area contributed by atoms with E-state index in [-0.39, 0.29) is 5.56 Å². The number of nitrogens with zero attached hydrogens (tertiary/aromatic N) is 2. The molecule has 0 saturated carbocycles. The number of hydrogen-bond acceptors (Lipinski definition) is 4. The standard InChI is InChI=1S/C18H19ClN4OS/c19-14-1-3-15(4-2-14)25-10-12-5-6-23(8-12)9-13-7-20-17-16(13)21-11-22-18(17)24/h1-4,7,11-12,20H,5-6,8-10H2,(H,21,22,24)/t12-/m1/s1. The summed E-state index contributed by atoms with van der Waals surface area (Å²) in [6, 6.07) is 8.04. The van der Waals surface area contributed by atoms with Crippen LogP contribution in [-0.4, -0.2) is 38.7 Å². The Labute approximate surface area is 154 Å². The van der Waals surface area contributed by atoms with Crippen molar-refractivity contribution in [2.24, 2.45) is 5.92 Å². The van der Waals surface area contributed by atoms with Crippen molar-refractivity contribution in [2.45, 2.75) is 17.9 Å². The highest BCUT2D eigenvalue weighted by molar-refractivity contribution is 7.99. The molecule has 1 aromatic carbocycles. The van der Waals surface area contributed by atoms with Gasteiger partial charge in [-0.15, -0.1) is 11.8 Å². The molecular weight excluding hydrogens is 356 g/mol. The molecule has 1 aliphatic rings. The molecule has 25 heavy (non-hydrogen) atoms. The van der Waals surface area contributed by atoms with Gasteiger partial charge in [-0.2, -0.15) is 0 Å². The molecule has 7 heteroatoms. The van der Waals surface area contributed by atoms with Gasteiger partial charge in [0, 0.05) is 40.5 Å². The van der Waals surface area contributed by atoms with E-state index in [2.05, 4.69) is 32.0 Å². The van der Waals surface area contributed by atoms with E-state index in [9.17, 15) is 4.79 Å². The van der Waals surface area contributed by atoms with Crippen LogP contribution in [0.5, 0.6) is 0 Å². The summed E-state index contributed by atoms with van der Waals surface area (Å²) in [4.78, 5) is 25.4. The molecule has 0 unspecified atom stereocenters. The Morgan fingerprint density at radius 3 is 2.96 bits per heavy atom. The Hall–Kier alpha value is -1.76. The first-order valence-electron chi connectivity index (χ1n) is 8.33. The molecule has 1 atom stereocenters. The van der Waals surface area contributed by atoms with Gasteiger partial charge in [0.05, 0.1) is 11.8 Å². The minimum atomic E-state index is -0.116. The normalized spacial score (nSPS) is 18.2. The first kappa shape index (κ1) is 16.7. The zero-order valence-electron chi connectivity index (χ0n) is 13.7. The molecule has 3 heterocycles. The highest BCUT2D eigenvalue weighted by Gasteiger charge is 2.23. The zero-order chi connectivity index (χ0) is 17.2. The van der Waals surface area contributed by atoms with E-state index in [1.54, 1.807) is 0 Å². The molecule has 1 fully saturated rings. The van der Waals surface area contributed by atoms with Gasteiger partial charge in [-0.05, 0) is 43.1 Å². The van der Waals surface area contributed by atoms with Crippen LogP contribution in [0.3, 0.4) is 0 Å². The van der Waals surface area contributed by atoms with Gasteiger partial charge in [0.15, 0.2) is 0 Å². The molecule has 0 radical (unpaired) electrons. The second kappa shape index (κ2) is 7.23. The number of nitrogens with one attached hydrogen (secondary N) is 2. The summed E-state index contributed by atoms with van der Waals surface area (Å²) in [5, 5.41) is 0.780. The zero-order valence-corrected chi connectivity index (χ0v) is 15.2. The van der Waals surface area contributed by atoms with E-state index in [1.807, 2.05) is 30.1 Å². The van der Waals surface area contributed by atoms with Crippen molar-refractivity contribution >= 4 is 34.4 Å². The van der Waals surface area contributed by atoms with Gasteiger partial charge in [0.1, 0.15) is 5.52 Å². The van der Waals surface area contributed by atoms with E-state index < -0.39 is 0 Å². The van der Waals surface area contributed by atoms with Crippen molar-refractivity contribution in [2.75, 3.05) is 18.8 Å². The van der Waals surface area contributed by atoms with Gasteiger partial charge in [-0.1, -0.05) is 11.6 Å². The Bertz CT molecular complexity index is 921. The van der Waals surface area contributed by atoms with E-state index in [1.165, 1.54) is 17.6 Å². The summed E-state index contributed by atoms with van der Waals surface area (Å²) in [6.45, 7) is 3.00. The topological polar surface area (TPSA) is 64.8 Å². The third-order valence-electron chi connectivity index (χ3n) is 4.61. The van der Waals surface area contributed by atoms with Crippen LogP contribution in [0.25, 0.3) is 11.0 Å². The fourth-order valence-corrected chi connectivity index (χ4v) is 4.46. The maximum atomic E-state index is 11.8. The van der Waals surface area contributed by atoms with E-state index in [0.717, 1.165) is 41.5 Å². The fourth-order valence-electron chi connectivity index (χ4n) is 3.30. The molecule has 4 rings (SSSR count). The number of hydrogen-bond donors (Lipinski definition) is 2. The quantitative estimate of drug-likeness (QED) is 0.671. The van der Waals surface area contributed by atoms with Crippen LogP contribution in [0.15, 0.2) is 46.5 Å². The van der Waals surface area contributed by atoms with Crippen LogP contribution in [0.1, 0.15) is 12.0 Å². The lowest BCUT2D eigenvalue weighted by Crippen LogP contribution is -2.20. The summed E-state index contributed by atoms with van der Waals surface area (Å²) in [5.74, 6) is 1.80. The number of rotatable bonds is 5. The van der Waals surface area contributed by atoms with Crippen molar-refractivity contribution < 1.29 is 0 Å². The molecule has 2 N–H and O–H groups in total. The number of halogens is 1. The van der Waals surface area contributed by atoms with Gasteiger partial charge < -0.3 is 9.97 Å². The highest BCUT2D eigenvalue weighted by atomic mass is 35.5. The lowest BCUT2D eigenvalue weighted by molar-refractivity contribution is 0.322. The van der Waals surface area contributed by atoms with Gasteiger partial charge in [0.2, 0.25) is 0 Å². The van der Waals surface area contributed by atoms with E-state index in [4.69, 9.17) is 11.6 Å². The SMILES string of the molecule is O=c1[nH]cnc2c(CN3CC[C@@H](CSc4ccc(Cl)cc4)C3)c[nH]c12. The van der Waals surface area contributed by atoms with E-state index >= 15 is 0 Å². The monoisotopic (exact) mass is 374 g/mol. The number of benzene rings is 1. The largest absolute Gasteiger partial charge is 0.355 e. The second-order valence-electron chi connectivity index (χ2n) is 6.42. The second-order valence-corrected chi connectivity index (χ2v) is 7.95. The summed E-state index contributed by atoms with van der Waals surface area (Å²) >= 11 is 7.82. The smallest absolute Gasteiger partial charge is 0.275 e. The molecule has 1 saturated heterocycles. The summed E-state index contributed by atoms with van der Waals surface area (Å²) in [6.07, 6.45) is 4.58. The fraction of sp³-hybridized carbons (Fsp3) is 0.333. The lowest BCUT2D eigenvalue weighted by atomic mass is 10.2. The minimum absolute atomic E-state index is 0.116. The van der Waals surface area contributed by atoms with Crippen LogP contribution in [0.4, 0.5) is 0 Å². The summed E-state index contributed by atoms with van der Waals surface area (Å²) in [5.41, 5.74) is 2.32. The summed E-state index contributed by atoms with van der Waals surface area (Å²) < 4.78 is 0. The molecule has 1 aliphatic heterocycles. The Balaban J connectivity index is 1.35. The number of aromatic nitrogens is 3. The van der Waals surface area contributed by atoms with Crippen molar-refractivity contribution in [3.05, 3.63) is 57.7 Å². The van der Waals surface area contributed by atoms with Crippen LogP contribution in [0, 0.1) is 5.92 Å². The van der Waals surface area contributed by atoms with Crippen LogP contribution < -0.4 is 5.56 Å². The molecule has 2 aromatic heterocycles. The summed E-state index contributed by atoms with van der Waals surface area (Å²) in [7, 11) is 0. The van der Waals surface area contributed by atoms with E-state index in [0.29, 0.717) is 11.4 Å². The average Bonchev–Trinajstić information content (AvgIpc) is 3.23. The highest BCUT2D eigenvalue weighted by Crippen LogP contribution is 2.28. The predicted molar refractivity (Wildman–Crippen MR) is 102 cm³/mol. The van der Waals surface area contributed by atoms with Gasteiger partial charge >= 0.3 is 0 Å². The van der Waals surface area contributed by atoms with Gasteiger partial charge in [-0.3, -0.25) is 9.69 Å². The number of aromatic amines is 2. The molecule has 0 spiro atoms. The average molecular weight is 375 g/mol. The molecule has 130 valence electrons. The van der Waals surface area contributed by atoms with Crippen LogP contribution in [-0.2, 0) is 6.54 Å². The first-order valence-corrected chi connectivity index (χ1v) is 9.70. The molecule has 5 nitrogen and oxygen atoms in total. The maximum absolute atomic E-state index is 11.8. The number of H-pyrrole nitrogens is 2. The third kappa shape index (κ3) is 3.76. The number of fused-ring (bicyclic) bond motifs is 1. The first-order chi connectivity index (χ1) is 12.2. The number of likely N-dealkylation sites (tertiary alicyclic amines) is 1. The van der Waals surface area contributed by atoms with Crippen LogP contribution in [0.2, 0.25) is 5.02 Å². The lowest BCUT2D eigenvalue weighted by Gasteiger charge is -2.15. The Morgan fingerprint density at radius 2 is 2.12 bits per heavy atom. The van der Waals surface area contributed by atoms with Crippen molar-refractivity contribution in [3.8, 4) is 0 Å². The molecule has 0 bridgehead atoms. The van der Waals surface area contributed by atoms with Crippen molar-refractivity contribution in [1.29, 1.82) is 0 Å². The number of thioether (sulfide) groups is 1. The predicted octanol–water partition coefficient (Wildman–Crippen LogP) is 3.52. The molecule has 0 aliphatic carbocycles. The maximum Gasteiger partial charge on any atom is 0.275 e.